The van der Waals surface area contributed by atoms with Gasteiger partial charge in [0.2, 0.25) is 0 Å². The first-order chi connectivity index (χ1) is 14.8. The smallest absolute Gasteiger partial charge is 0.258 e. The maximum atomic E-state index is 13.5. The molecule has 0 saturated carbocycles. The highest BCUT2D eigenvalue weighted by atomic mass is 35.5. The Morgan fingerprint density at radius 3 is 2.35 bits per heavy atom. The van der Waals surface area contributed by atoms with E-state index >= 15 is 0 Å². The molecule has 1 heterocycles. The molecule has 1 aromatic heterocycles. The molecule has 0 spiro atoms. The Labute approximate surface area is 186 Å². The minimum atomic E-state index is -0.194. The lowest BCUT2D eigenvalue weighted by atomic mass is 10.0. The molecule has 0 fully saturated rings. The number of nitrogens with zero attached hydrogens (tertiary/aromatic N) is 1. The van der Waals surface area contributed by atoms with Crippen molar-refractivity contribution in [3.63, 3.8) is 0 Å². The van der Waals surface area contributed by atoms with Crippen molar-refractivity contribution in [1.82, 2.24) is 4.98 Å². The van der Waals surface area contributed by atoms with Crippen LogP contribution >= 0.6 is 11.6 Å². The molecule has 4 aromatic rings. The van der Waals surface area contributed by atoms with Crippen LogP contribution in [0, 0.1) is 20.8 Å². The number of aromatic nitrogens is 1. The molecule has 0 radical (unpaired) electrons. The molecular formula is C26H23ClN2O2. The number of benzene rings is 3. The van der Waals surface area contributed by atoms with Crippen LogP contribution in [0.25, 0.3) is 10.9 Å². The van der Waals surface area contributed by atoms with Crippen molar-refractivity contribution in [2.45, 2.75) is 27.3 Å². The molecule has 0 aliphatic heterocycles. The third-order valence-corrected chi connectivity index (χ3v) is 5.95. The van der Waals surface area contributed by atoms with Crippen molar-refractivity contribution in [1.29, 1.82) is 0 Å². The fourth-order valence-electron chi connectivity index (χ4n) is 3.76. The number of halogens is 1. The molecule has 156 valence electrons. The predicted molar refractivity (Wildman–Crippen MR) is 127 cm³/mol. The van der Waals surface area contributed by atoms with Crippen molar-refractivity contribution < 1.29 is 4.79 Å². The summed E-state index contributed by atoms with van der Waals surface area (Å²) in [6.07, 6.45) is 0. The number of para-hydroxylation sites is 1. The Morgan fingerprint density at radius 1 is 0.935 bits per heavy atom. The molecular weight excluding hydrogens is 408 g/mol. The lowest BCUT2D eigenvalue weighted by molar-refractivity contribution is 0.0985. The average Bonchev–Trinajstić information content (AvgIpc) is 2.75. The molecule has 0 bridgehead atoms. The van der Waals surface area contributed by atoms with E-state index in [2.05, 4.69) is 4.98 Å². The number of carbonyl (C=O) groups is 1. The van der Waals surface area contributed by atoms with E-state index in [-0.39, 0.29) is 18.0 Å². The zero-order valence-electron chi connectivity index (χ0n) is 17.7. The van der Waals surface area contributed by atoms with E-state index in [1.54, 1.807) is 29.2 Å². The monoisotopic (exact) mass is 430 g/mol. The van der Waals surface area contributed by atoms with Gasteiger partial charge in [-0.05, 0) is 79.2 Å². The summed E-state index contributed by atoms with van der Waals surface area (Å²) in [5, 5.41) is 1.51. The van der Waals surface area contributed by atoms with Crippen LogP contribution in [0.3, 0.4) is 0 Å². The lowest BCUT2D eigenvalue weighted by Crippen LogP contribution is -2.33. The molecule has 0 aliphatic rings. The number of H-pyrrole nitrogens is 1. The molecule has 4 rings (SSSR count). The number of fused-ring (bicyclic) bond motifs is 1. The fourth-order valence-corrected chi connectivity index (χ4v) is 3.89. The van der Waals surface area contributed by atoms with Gasteiger partial charge in [-0.3, -0.25) is 9.59 Å². The van der Waals surface area contributed by atoms with E-state index in [4.69, 9.17) is 11.6 Å². The Morgan fingerprint density at radius 2 is 1.61 bits per heavy atom. The molecule has 1 N–H and O–H groups in total. The van der Waals surface area contributed by atoms with Crippen molar-refractivity contribution in [2.75, 3.05) is 4.90 Å². The van der Waals surface area contributed by atoms with Crippen LogP contribution < -0.4 is 10.5 Å². The maximum Gasteiger partial charge on any atom is 0.258 e. The third-order valence-electron chi connectivity index (χ3n) is 5.70. The normalized spacial score (nSPS) is 11.0. The van der Waals surface area contributed by atoms with E-state index in [0.717, 1.165) is 33.3 Å². The molecule has 0 aliphatic carbocycles. The van der Waals surface area contributed by atoms with Crippen LogP contribution in [-0.2, 0) is 6.54 Å². The van der Waals surface area contributed by atoms with Crippen molar-refractivity contribution >= 4 is 34.1 Å². The SMILES string of the molecule is Cc1cccc(N(Cc2cc3cccc(C)c3[nH]c2=O)C(=O)c2ccc(Cl)cc2)c1C. The zero-order chi connectivity index (χ0) is 22.1. The molecule has 31 heavy (non-hydrogen) atoms. The van der Waals surface area contributed by atoms with Gasteiger partial charge in [-0.1, -0.05) is 41.9 Å². The van der Waals surface area contributed by atoms with Crippen LogP contribution in [0.5, 0.6) is 0 Å². The summed E-state index contributed by atoms with van der Waals surface area (Å²) in [6, 6.07) is 20.4. The fraction of sp³-hybridized carbons (Fsp3) is 0.154. The Hall–Kier alpha value is -3.37. The number of rotatable bonds is 4. The van der Waals surface area contributed by atoms with E-state index in [9.17, 15) is 9.59 Å². The molecule has 0 atom stereocenters. The summed E-state index contributed by atoms with van der Waals surface area (Å²) in [6.45, 7) is 6.12. The Kier molecular flexibility index (Phi) is 5.66. The quantitative estimate of drug-likeness (QED) is 0.434. The third kappa shape index (κ3) is 4.12. The largest absolute Gasteiger partial charge is 0.321 e. The van der Waals surface area contributed by atoms with Gasteiger partial charge in [-0.25, -0.2) is 0 Å². The number of aromatic amines is 1. The molecule has 0 unspecified atom stereocenters. The highest BCUT2D eigenvalue weighted by Gasteiger charge is 2.22. The number of hydrogen-bond acceptors (Lipinski definition) is 2. The average molecular weight is 431 g/mol. The number of carbonyl (C=O) groups excluding carboxylic acids is 1. The second-order valence-corrected chi connectivity index (χ2v) is 8.22. The predicted octanol–water partition coefficient (Wildman–Crippen LogP) is 5.95. The Bertz CT molecular complexity index is 1340. The summed E-state index contributed by atoms with van der Waals surface area (Å²) >= 11 is 6.01. The van der Waals surface area contributed by atoms with Crippen LogP contribution in [-0.4, -0.2) is 10.9 Å². The van der Waals surface area contributed by atoms with Gasteiger partial charge in [0, 0.05) is 21.8 Å². The topological polar surface area (TPSA) is 53.2 Å². The van der Waals surface area contributed by atoms with Gasteiger partial charge in [0.1, 0.15) is 0 Å². The second-order valence-electron chi connectivity index (χ2n) is 7.78. The van der Waals surface area contributed by atoms with Gasteiger partial charge in [-0.15, -0.1) is 0 Å². The summed E-state index contributed by atoms with van der Waals surface area (Å²) < 4.78 is 0. The minimum absolute atomic E-state index is 0.158. The van der Waals surface area contributed by atoms with Crippen LogP contribution in [0.2, 0.25) is 5.02 Å². The standard InChI is InChI=1S/C26H23ClN2O2/c1-16-6-5-9-23(18(16)3)29(26(31)19-10-12-22(27)13-11-19)15-21-14-20-8-4-7-17(2)24(20)28-25(21)30/h4-14H,15H2,1-3H3,(H,28,30). The minimum Gasteiger partial charge on any atom is -0.321 e. The zero-order valence-corrected chi connectivity index (χ0v) is 18.5. The van der Waals surface area contributed by atoms with Gasteiger partial charge < -0.3 is 9.88 Å². The lowest BCUT2D eigenvalue weighted by Gasteiger charge is -2.25. The molecule has 0 saturated heterocycles. The maximum absolute atomic E-state index is 13.5. The Balaban J connectivity index is 1.83. The molecule has 3 aromatic carbocycles. The van der Waals surface area contributed by atoms with Gasteiger partial charge in [0.25, 0.3) is 11.5 Å². The summed E-state index contributed by atoms with van der Waals surface area (Å²) in [4.78, 5) is 31.1. The van der Waals surface area contributed by atoms with Crippen molar-refractivity contribution in [2.24, 2.45) is 0 Å². The highest BCUT2D eigenvalue weighted by molar-refractivity contribution is 6.30. The van der Waals surface area contributed by atoms with Gasteiger partial charge >= 0.3 is 0 Å². The van der Waals surface area contributed by atoms with E-state index < -0.39 is 0 Å². The first-order valence-corrected chi connectivity index (χ1v) is 10.5. The highest BCUT2D eigenvalue weighted by Crippen LogP contribution is 2.27. The van der Waals surface area contributed by atoms with E-state index in [1.807, 2.05) is 63.2 Å². The van der Waals surface area contributed by atoms with Gasteiger partial charge in [0.15, 0.2) is 0 Å². The van der Waals surface area contributed by atoms with E-state index in [1.165, 1.54) is 0 Å². The molecule has 5 heteroatoms. The summed E-state index contributed by atoms with van der Waals surface area (Å²) in [5.74, 6) is -0.186. The second kappa shape index (κ2) is 8.40. The summed E-state index contributed by atoms with van der Waals surface area (Å²) in [7, 11) is 0. The van der Waals surface area contributed by atoms with Crippen LogP contribution in [0.15, 0.2) is 71.5 Å². The molecule has 1 amide bonds. The molecule has 4 nitrogen and oxygen atoms in total. The van der Waals surface area contributed by atoms with E-state index in [0.29, 0.717) is 16.1 Å². The summed E-state index contributed by atoms with van der Waals surface area (Å²) in [5.41, 5.74) is 5.53. The first-order valence-electron chi connectivity index (χ1n) is 10.1. The van der Waals surface area contributed by atoms with Crippen LogP contribution in [0.4, 0.5) is 5.69 Å². The number of nitrogens with one attached hydrogen (secondary N) is 1. The number of hydrogen-bond donors (Lipinski definition) is 1. The number of aryl methyl sites for hydroxylation is 2. The number of pyridine rings is 1. The van der Waals surface area contributed by atoms with Crippen molar-refractivity contribution in [3.8, 4) is 0 Å². The van der Waals surface area contributed by atoms with Gasteiger partial charge in [0.05, 0.1) is 12.1 Å². The van der Waals surface area contributed by atoms with Gasteiger partial charge in [-0.2, -0.15) is 0 Å². The number of amides is 1. The van der Waals surface area contributed by atoms with Crippen LogP contribution in [0.1, 0.15) is 32.6 Å². The number of anilines is 1. The van der Waals surface area contributed by atoms with Crippen molar-refractivity contribution in [3.05, 3.63) is 110 Å². The first kappa shape index (κ1) is 20.9.